The van der Waals surface area contributed by atoms with E-state index in [-0.39, 0.29) is 30.4 Å². The van der Waals surface area contributed by atoms with E-state index in [0.717, 1.165) is 11.8 Å². The maximum Gasteiger partial charge on any atom is 0.305 e. The number of carbonyl (C=O) groups excluding carboxylic acids is 1. The molecule has 23 heavy (non-hydrogen) atoms. The molecule has 9 heteroatoms. The summed E-state index contributed by atoms with van der Waals surface area (Å²) in [6.07, 6.45) is 1.45. The number of halogens is 1. The highest BCUT2D eigenvalue weighted by Crippen LogP contribution is 2.38. The number of thiocarbonyl (C=S) groups is 1. The van der Waals surface area contributed by atoms with Crippen molar-refractivity contribution in [1.82, 2.24) is 4.90 Å². The molecule has 6 nitrogen and oxygen atoms in total. The second-order valence-corrected chi connectivity index (χ2v) is 7.06. The number of carbonyl (C=O) groups is 2. The number of carboxylic acids is 1. The Morgan fingerprint density at radius 1 is 1.52 bits per heavy atom. The number of rotatable bonds is 5. The van der Waals surface area contributed by atoms with Gasteiger partial charge < -0.3 is 14.9 Å². The van der Waals surface area contributed by atoms with E-state index in [1.807, 2.05) is 0 Å². The number of benzene rings is 1. The summed E-state index contributed by atoms with van der Waals surface area (Å²) < 4.78 is 5.82. The summed E-state index contributed by atoms with van der Waals surface area (Å²) in [5, 5.41) is 18.5. The number of methoxy groups -OCH3 is 1. The number of aliphatic carboxylic acids is 1. The summed E-state index contributed by atoms with van der Waals surface area (Å²) >= 11 is 9.44. The van der Waals surface area contributed by atoms with Crippen LogP contribution in [0.2, 0.25) is 0 Å². The standard InChI is InChI=1S/C14H12BrNO5S2/c1-21-9-5-7(4-8(15)12(9)19)6-10-13(20)16(14(22)23-10)3-2-11(17)18/h4-6,19H,2-3H2,1H3,(H,17,18). The van der Waals surface area contributed by atoms with Crippen molar-refractivity contribution >= 4 is 62.2 Å². The molecule has 1 aliphatic rings. The third-order valence-corrected chi connectivity index (χ3v) is 4.97. The van der Waals surface area contributed by atoms with Gasteiger partial charge in [-0.3, -0.25) is 14.5 Å². The fourth-order valence-corrected chi connectivity index (χ4v) is 3.65. The van der Waals surface area contributed by atoms with Crippen LogP contribution in [0.4, 0.5) is 0 Å². The lowest BCUT2D eigenvalue weighted by molar-refractivity contribution is -0.137. The van der Waals surface area contributed by atoms with Crippen molar-refractivity contribution in [3.05, 3.63) is 27.1 Å². The molecule has 0 unspecified atom stereocenters. The maximum absolute atomic E-state index is 12.3. The zero-order valence-corrected chi connectivity index (χ0v) is 15.1. The Balaban J connectivity index is 2.27. The van der Waals surface area contributed by atoms with Crippen LogP contribution in [0, 0.1) is 0 Å². The highest BCUT2D eigenvalue weighted by Gasteiger charge is 2.32. The predicted molar refractivity (Wildman–Crippen MR) is 94.5 cm³/mol. The first-order chi connectivity index (χ1) is 10.8. The van der Waals surface area contributed by atoms with Crippen LogP contribution in [-0.2, 0) is 9.59 Å². The Hall–Kier alpha value is -1.58. The molecule has 0 atom stereocenters. The van der Waals surface area contributed by atoms with Crippen molar-refractivity contribution in [1.29, 1.82) is 0 Å². The van der Waals surface area contributed by atoms with E-state index < -0.39 is 5.97 Å². The average Bonchev–Trinajstić information content (AvgIpc) is 2.74. The summed E-state index contributed by atoms with van der Waals surface area (Å²) in [5.74, 6) is -1.08. The van der Waals surface area contributed by atoms with Crippen molar-refractivity contribution in [3.8, 4) is 11.5 Å². The molecule has 1 aromatic carbocycles. The molecule has 122 valence electrons. The first kappa shape index (κ1) is 17.8. The van der Waals surface area contributed by atoms with E-state index >= 15 is 0 Å². The molecule has 2 rings (SSSR count). The molecule has 1 saturated heterocycles. The molecule has 2 N–H and O–H groups in total. The van der Waals surface area contributed by atoms with Gasteiger partial charge in [0, 0.05) is 6.54 Å². The average molecular weight is 418 g/mol. The van der Waals surface area contributed by atoms with Gasteiger partial charge in [0.05, 0.1) is 22.9 Å². The Kier molecular flexibility index (Phi) is 5.66. The van der Waals surface area contributed by atoms with Crippen LogP contribution in [0.3, 0.4) is 0 Å². The number of ether oxygens (including phenoxy) is 1. The van der Waals surface area contributed by atoms with Gasteiger partial charge in [0.1, 0.15) is 4.32 Å². The summed E-state index contributed by atoms with van der Waals surface area (Å²) in [6, 6.07) is 3.23. The zero-order valence-electron chi connectivity index (χ0n) is 11.9. The largest absolute Gasteiger partial charge is 0.503 e. The van der Waals surface area contributed by atoms with Crippen LogP contribution in [0.5, 0.6) is 11.5 Å². The molecule has 1 fully saturated rings. The number of phenolic OH excluding ortho intramolecular Hbond substituents is 1. The minimum absolute atomic E-state index is 0.0290. The monoisotopic (exact) mass is 417 g/mol. The van der Waals surface area contributed by atoms with Crippen LogP contribution in [0.15, 0.2) is 21.5 Å². The Morgan fingerprint density at radius 2 is 2.22 bits per heavy atom. The first-order valence-electron chi connectivity index (χ1n) is 6.37. The summed E-state index contributed by atoms with van der Waals surface area (Å²) in [6.45, 7) is 0.0416. The van der Waals surface area contributed by atoms with Crippen molar-refractivity contribution in [2.24, 2.45) is 0 Å². The van der Waals surface area contributed by atoms with Crippen molar-refractivity contribution in [2.75, 3.05) is 13.7 Å². The van der Waals surface area contributed by atoms with E-state index in [4.69, 9.17) is 22.1 Å². The lowest BCUT2D eigenvalue weighted by Crippen LogP contribution is -2.30. The van der Waals surface area contributed by atoms with Crippen LogP contribution in [-0.4, -0.2) is 45.0 Å². The molecule has 1 heterocycles. The smallest absolute Gasteiger partial charge is 0.305 e. The van der Waals surface area contributed by atoms with Crippen molar-refractivity contribution in [3.63, 3.8) is 0 Å². The fourth-order valence-electron chi connectivity index (χ4n) is 1.88. The number of hydrogen-bond donors (Lipinski definition) is 2. The minimum atomic E-state index is -0.991. The van der Waals surface area contributed by atoms with Gasteiger partial charge in [-0.2, -0.15) is 0 Å². The van der Waals surface area contributed by atoms with Gasteiger partial charge in [-0.1, -0.05) is 24.0 Å². The molecule has 0 aromatic heterocycles. The van der Waals surface area contributed by atoms with Crippen LogP contribution in [0.25, 0.3) is 6.08 Å². The molecule has 1 aromatic rings. The molecule has 0 radical (unpaired) electrons. The van der Waals surface area contributed by atoms with Gasteiger partial charge in [0.25, 0.3) is 5.91 Å². The molecule has 0 bridgehead atoms. The van der Waals surface area contributed by atoms with Gasteiger partial charge >= 0.3 is 5.97 Å². The number of aromatic hydroxyl groups is 1. The second-order valence-electron chi connectivity index (χ2n) is 4.53. The van der Waals surface area contributed by atoms with E-state index in [1.165, 1.54) is 12.0 Å². The molecule has 1 aliphatic heterocycles. The first-order valence-corrected chi connectivity index (χ1v) is 8.39. The molecule has 0 spiro atoms. The number of nitrogens with zero attached hydrogens (tertiary/aromatic N) is 1. The topological polar surface area (TPSA) is 87.1 Å². The Bertz CT molecular complexity index is 719. The van der Waals surface area contributed by atoms with Crippen LogP contribution >= 0.6 is 39.9 Å². The van der Waals surface area contributed by atoms with E-state index in [1.54, 1.807) is 18.2 Å². The molecule has 0 aliphatic carbocycles. The van der Waals surface area contributed by atoms with Gasteiger partial charge in [-0.25, -0.2) is 0 Å². The quantitative estimate of drug-likeness (QED) is 0.562. The Labute approximate surface area is 150 Å². The minimum Gasteiger partial charge on any atom is -0.503 e. The van der Waals surface area contributed by atoms with E-state index in [2.05, 4.69) is 15.9 Å². The molecule has 0 saturated carbocycles. The SMILES string of the molecule is COc1cc(C=C2SC(=S)N(CCC(=O)O)C2=O)cc(Br)c1O. The molecular weight excluding hydrogens is 406 g/mol. The van der Waals surface area contributed by atoms with Gasteiger partial charge in [-0.05, 0) is 39.7 Å². The van der Waals surface area contributed by atoms with Crippen LogP contribution in [0.1, 0.15) is 12.0 Å². The second kappa shape index (κ2) is 7.33. The molecular formula is C14H12BrNO5S2. The number of hydrogen-bond acceptors (Lipinski definition) is 6. The number of phenols is 1. The van der Waals surface area contributed by atoms with E-state index in [9.17, 15) is 14.7 Å². The highest BCUT2D eigenvalue weighted by molar-refractivity contribution is 9.10. The van der Waals surface area contributed by atoms with Crippen molar-refractivity contribution < 1.29 is 24.5 Å². The normalized spacial score (nSPS) is 16.3. The molecule has 1 amide bonds. The van der Waals surface area contributed by atoms with Gasteiger partial charge in [-0.15, -0.1) is 0 Å². The summed E-state index contributed by atoms with van der Waals surface area (Å²) in [7, 11) is 1.43. The van der Waals surface area contributed by atoms with Crippen LogP contribution < -0.4 is 4.74 Å². The zero-order chi connectivity index (χ0) is 17.1. The Morgan fingerprint density at radius 3 is 2.83 bits per heavy atom. The summed E-state index contributed by atoms with van der Waals surface area (Å²) in [4.78, 5) is 24.6. The van der Waals surface area contributed by atoms with E-state index in [0.29, 0.717) is 19.3 Å². The third kappa shape index (κ3) is 4.04. The fraction of sp³-hybridized carbons (Fsp3) is 0.214. The summed E-state index contributed by atoms with van der Waals surface area (Å²) in [5.41, 5.74) is 0.644. The number of thioether (sulfide) groups is 1. The van der Waals surface area contributed by atoms with Crippen molar-refractivity contribution in [2.45, 2.75) is 6.42 Å². The third-order valence-electron chi connectivity index (χ3n) is 2.99. The maximum atomic E-state index is 12.3. The lowest BCUT2D eigenvalue weighted by Gasteiger charge is -2.12. The number of carboxylic acid groups (broad SMARTS) is 1. The highest BCUT2D eigenvalue weighted by atomic mass is 79.9. The lowest BCUT2D eigenvalue weighted by atomic mass is 10.2. The van der Waals surface area contributed by atoms with Gasteiger partial charge in [0.2, 0.25) is 0 Å². The van der Waals surface area contributed by atoms with Gasteiger partial charge in [0.15, 0.2) is 11.5 Å². The number of amides is 1. The predicted octanol–water partition coefficient (Wildman–Crippen LogP) is 2.84.